The van der Waals surface area contributed by atoms with Crippen molar-refractivity contribution in [3.63, 3.8) is 0 Å². The molecule has 82 valence electrons. The zero-order chi connectivity index (χ0) is 10.4. The van der Waals surface area contributed by atoms with Crippen molar-refractivity contribution in [1.82, 2.24) is 0 Å². The summed E-state index contributed by atoms with van der Waals surface area (Å²) >= 11 is 0. The molecule has 0 saturated carbocycles. The highest BCUT2D eigenvalue weighted by Gasteiger charge is 2.22. The average molecular weight is 200 g/mol. The molecule has 1 N–H and O–H groups in total. The Morgan fingerprint density at radius 1 is 1.64 bits per heavy atom. The Labute approximate surface area is 85.5 Å². The number of carbonyl (C=O) groups excluding carboxylic acids is 1. The summed E-state index contributed by atoms with van der Waals surface area (Å²) in [6.07, 6.45) is 5.61. The summed E-state index contributed by atoms with van der Waals surface area (Å²) in [6.45, 7) is 2.10. The van der Waals surface area contributed by atoms with Crippen molar-refractivity contribution in [2.24, 2.45) is 0 Å². The lowest BCUT2D eigenvalue weighted by Crippen LogP contribution is -2.27. The van der Waals surface area contributed by atoms with E-state index in [-0.39, 0.29) is 18.2 Å². The Kier molecular flexibility index (Phi) is 4.94. The third-order valence-corrected chi connectivity index (χ3v) is 2.63. The molecule has 0 aliphatic carbocycles. The van der Waals surface area contributed by atoms with Crippen molar-refractivity contribution in [2.75, 3.05) is 0 Å². The summed E-state index contributed by atoms with van der Waals surface area (Å²) in [5.41, 5.74) is 0. The first-order chi connectivity index (χ1) is 6.72. The minimum atomic E-state index is -0.300. The van der Waals surface area contributed by atoms with Crippen LogP contribution in [0.5, 0.6) is 0 Å². The largest absolute Gasteiger partial charge is 0.462 e. The Bertz CT molecular complexity index is 179. The van der Waals surface area contributed by atoms with E-state index in [1.807, 2.05) is 0 Å². The second-order valence-electron chi connectivity index (χ2n) is 4.04. The van der Waals surface area contributed by atoms with Crippen molar-refractivity contribution in [1.29, 1.82) is 0 Å². The predicted molar refractivity (Wildman–Crippen MR) is 53.9 cm³/mol. The fourth-order valence-electron chi connectivity index (χ4n) is 1.80. The molecule has 0 spiro atoms. The predicted octanol–water partition coefficient (Wildman–Crippen LogP) is 2.02. The minimum Gasteiger partial charge on any atom is -0.462 e. The molecule has 14 heavy (non-hydrogen) atoms. The van der Waals surface area contributed by atoms with Crippen LogP contribution < -0.4 is 0 Å². The van der Waals surface area contributed by atoms with Crippen LogP contribution in [0.1, 0.15) is 51.9 Å². The van der Waals surface area contributed by atoms with E-state index in [1.165, 1.54) is 0 Å². The van der Waals surface area contributed by atoms with Gasteiger partial charge in [-0.15, -0.1) is 0 Å². The summed E-state index contributed by atoms with van der Waals surface area (Å²) < 4.78 is 5.14. The number of rotatable bonds is 5. The molecule has 3 heteroatoms. The van der Waals surface area contributed by atoms with Crippen molar-refractivity contribution in [2.45, 2.75) is 64.1 Å². The lowest BCUT2D eigenvalue weighted by Gasteiger charge is -2.24. The normalized spacial score (nSPS) is 24.4. The topological polar surface area (TPSA) is 46.5 Å². The summed E-state index contributed by atoms with van der Waals surface area (Å²) in [7, 11) is 0. The SMILES string of the molecule is CCCC[C@@H](O)C[C@H]1CCCC(=O)O1. The van der Waals surface area contributed by atoms with Crippen LogP contribution in [0.25, 0.3) is 0 Å². The lowest BCUT2D eigenvalue weighted by atomic mass is 10.0. The second kappa shape index (κ2) is 6.02. The molecule has 1 saturated heterocycles. The molecule has 0 amide bonds. The molecule has 0 unspecified atom stereocenters. The van der Waals surface area contributed by atoms with E-state index in [0.29, 0.717) is 12.8 Å². The third kappa shape index (κ3) is 4.09. The van der Waals surface area contributed by atoms with Gasteiger partial charge < -0.3 is 9.84 Å². The quantitative estimate of drug-likeness (QED) is 0.691. The molecule has 1 rings (SSSR count). The molecular formula is C11H20O3. The van der Waals surface area contributed by atoms with Gasteiger partial charge in [-0.05, 0) is 19.3 Å². The number of aliphatic hydroxyl groups is 1. The molecule has 0 radical (unpaired) electrons. The Balaban J connectivity index is 2.18. The average Bonchev–Trinajstić information content (AvgIpc) is 2.15. The Hall–Kier alpha value is -0.570. The smallest absolute Gasteiger partial charge is 0.306 e. The lowest BCUT2D eigenvalue weighted by molar-refractivity contribution is -0.155. The first-order valence-corrected chi connectivity index (χ1v) is 5.60. The van der Waals surface area contributed by atoms with Crippen LogP contribution in [0, 0.1) is 0 Å². The van der Waals surface area contributed by atoms with E-state index >= 15 is 0 Å². The van der Waals surface area contributed by atoms with Gasteiger partial charge in [-0.2, -0.15) is 0 Å². The molecule has 0 bridgehead atoms. The van der Waals surface area contributed by atoms with Gasteiger partial charge >= 0.3 is 5.97 Å². The highest BCUT2D eigenvalue weighted by molar-refractivity contribution is 5.70. The molecule has 3 nitrogen and oxygen atoms in total. The first kappa shape index (κ1) is 11.5. The molecular weight excluding hydrogens is 180 g/mol. The molecule has 0 aromatic heterocycles. The van der Waals surface area contributed by atoms with Crippen molar-refractivity contribution < 1.29 is 14.6 Å². The van der Waals surface area contributed by atoms with Crippen molar-refractivity contribution in [3.8, 4) is 0 Å². The number of ether oxygens (including phenoxy) is 1. The summed E-state index contributed by atoms with van der Waals surface area (Å²) in [5, 5.41) is 9.63. The molecule has 1 heterocycles. The number of esters is 1. The Morgan fingerprint density at radius 3 is 3.07 bits per heavy atom. The highest BCUT2D eigenvalue weighted by Crippen LogP contribution is 2.19. The van der Waals surface area contributed by atoms with E-state index < -0.39 is 0 Å². The maximum atomic E-state index is 11.0. The first-order valence-electron chi connectivity index (χ1n) is 5.60. The second-order valence-corrected chi connectivity index (χ2v) is 4.04. The van der Waals surface area contributed by atoms with E-state index in [9.17, 15) is 9.90 Å². The maximum absolute atomic E-state index is 11.0. The van der Waals surface area contributed by atoms with E-state index in [2.05, 4.69) is 6.92 Å². The molecule has 0 aromatic carbocycles. The van der Waals surface area contributed by atoms with Gasteiger partial charge in [-0.25, -0.2) is 0 Å². The monoisotopic (exact) mass is 200 g/mol. The zero-order valence-corrected chi connectivity index (χ0v) is 8.87. The summed E-state index contributed by atoms with van der Waals surface area (Å²) in [5.74, 6) is -0.107. The highest BCUT2D eigenvalue weighted by atomic mass is 16.5. The van der Waals surface area contributed by atoms with E-state index in [0.717, 1.165) is 32.1 Å². The number of hydrogen-bond acceptors (Lipinski definition) is 3. The molecule has 1 fully saturated rings. The third-order valence-electron chi connectivity index (χ3n) is 2.63. The van der Waals surface area contributed by atoms with Gasteiger partial charge in [0, 0.05) is 12.8 Å². The van der Waals surface area contributed by atoms with Crippen LogP contribution in [-0.4, -0.2) is 23.3 Å². The van der Waals surface area contributed by atoms with E-state index in [4.69, 9.17) is 4.74 Å². The summed E-state index contributed by atoms with van der Waals surface area (Å²) in [4.78, 5) is 11.0. The van der Waals surface area contributed by atoms with Gasteiger partial charge in [0.15, 0.2) is 0 Å². The van der Waals surface area contributed by atoms with Gasteiger partial charge in [0.25, 0.3) is 0 Å². The van der Waals surface area contributed by atoms with Crippen LogP contribution in [0.4, 0.5) is 0 Å². The van der Waals surface area contributed by atoms with Crippen molar-refractivity contribution >= 4 is 5.97 Å². The van der Waals surface area contributed by atoms with Crippen LogP contribution in [-0.2, 0) is 9.53 Å². The van der Waals surface area contributed by atoms with Crippen LogP contribution in [0.2, 0.25) is 0 Å². The number of unbranched alkanes of at least 4 members (excludes halogenated alkanes) is 1. The van der Waals surface area contributed by atoms with Gasteiger partial charge in [-0.1, -0.05) is 19.8 Å². The van der Waals surface area contributed by atoms with Crippen LogP contribution >= 0.6 is 0 Å². The minimum absolute atomic E-state index is 0.0388. The molecule has 0 aromatic rings. The molecule has 1 aliphatic heterocycles. The molecule has 2 atom stereocenters. The van der Waals surface area contributed by atoms with Crippen LogP contribution in [0.3, 0.4) is 0 Å². The standard InChI is InChI=1S/C11H20O3/c1-2-3-5-9(12)8-10-6-4-7-11(13)14-10/h9-10,12H,2-8H2,1H3/t9-,10-/m1/s1. The fourth-order valence-corrected chi connectivity index (χ4v) is 1.80. The fraction of sp³-hybridized carbons (Fsp3) is 0.909. The number of hydrogen-bond donors (Lipinski definition) is 1. The maximum Gasteiger partial charge on any atom is 0.306 e. The summed E-state index contributed by atoms with van der Waals surface area (Å²) in [6, 6.07) is 0. The van der Waals surface area contributed by atoms with Crippen molar-refractivity contribution in [3.05, 3.63) is 0 Å². The van der Waals surface area contributed by atoms with Gasteiger partial charge in [0.05, 0.1) is 6.10 Å². The van der Waals surface area contributed by atoms with Gasteiger partial charge in [0.1, 0.15) is 6.10 Å². The number of cyclic esters (lactones) is 1. The van der Waals surface area contributed by atoms with Crippen LogP contribution in [0.15, 0.2) is 0 Å². The molecule has 1 aliphatic rings. The van der Waals surface area contributed by atoms with E-state index in [1.54, 1.807) is 0 Å². The van der Waals surface area contributed by atoms with Gasteiger partial charge in [0.2, 0.25) is 0 Å². The zero-order valence-electron chi connectivity index (χ0n) is 8.87. The number of aliphatic hydroxyl groups excluding tert-OH is 1. The number of carbonyl (C=O) groups is 1. The van der Waals surface area contributed by atoms with Gasteiger partial charge in [-0.3, -0.25) is 4.79 Å². The Morgan fingerprint density at radius 2 is 2.43 bits per heavy atom.